The second-order valence-corrected chi connectivity index (χ2v) is 14.6. The number of pyridine rings is 1. The molecule has 3 atom stereocenters. The molecular weight excluding hydrogens is 720 g/mol. The molecule has 274 valence electrons. The summed E-state index contributed by atoms with van der Waals surface area (Å²) in [7, 11) is 0. The van der Waals surface area contributed by atoms with E-state index in [0.717, 1.165) is 29.1 Å². The highest BCUT2D eigenvalue weighted by molar-refractivity contribution is 7.98. The van der Waals surface area contributed by atoms with Crippen LogP contribution in [0.25, 0.3) is 21.7 Å². The molecule has 0 spiro atoms. The largest absolute Gasteiger partial charge is 0.490 e. The van der Waals surface area contributed by atoms with Gasteiger partial charge in [0, 0.05) is 33.3 Å². The van der Waals surface area contributed by atoms with Crippen molar-refractivity contribution in [2.24, 2.45) is 17.4 Å². The number of benzene rings is 2. The second kappa shape index (κ2) is 20.1. The Morgan fingerprint density at radius 2 is 1.73 bits per heavy atom. The van der Waals surface area contributed by atoms with Crippen LogP contribution in [0.4, 0.5) is 5.82 Å². The summed E-state index contributed by atoms with van der Waals surface area (Å²) in [6.07, 6.45) is 1.56. The summed E-state index contributed by atoms with van der Waals surface area (Å²) in [6.45, 7) is 4.56. The number of hydrogen-bond acceptors (Lipinski definition) is 14. The van der Waals surface area contributed by atoms with Crippen LogP contribution in [0, 0.1) is 28.6 Å². The van der Waals surface area contributed by atoms with E-state index in [2.05, 4.69) is 22.4 Å². The number of aliphatic hydroxyl groups excluding tert-OH is 1. The maximum absolute atomic E-state index is 12.9. The normalized spacial score (nSPS) is 12.9. The van der Waals surface area contributed by atoms with E-state index in [-0.39, 0.29) is 36.1 Å². The van der Waals surface area contributed by atoms with Gasteiger partial charge >= 0.3 is 5.97 Å². The Morgan fingerprint density at radius 3 is 2.38 bits per heavy atom. The van der Waals surface area contributed by atoms with Crippen molar-refractivity contribution < 1.29 is 19.4 Å². The summed E-state index contributed by atoms with van der Waals surface area (Å²) in [4.78, 5) is 22.0. The average molecular weight is 763 g/mol. The minimum atomic E-state index is -1.07. The zero-order valence-electron chi connectivity index (χ0n) is 29.0. The topological polar surface area (TPSA) is 219 Å². The van der Waals surface area contributed by atoms with Crippen LogP contribution in [0.5, 0.6) is 5.75 Å². The van der Waals surface area contributed by atoms with E-state index < -0.39 is 24.3 Å². The number of anilines is 1. The van der Waals surface area contributed by atoms with Gasteiger partial charge in [-0.3, -0.25) is 10.1 Å². The highest BCUT2D eigenvalue weighted by atomic mass is 35.5. The number of aliphatic hydroxyl groups is 1. The van der Waals surface area contributed by atoms with Crippen molar-refractivity contribution in [3.8, 4) is 39.6 Å². The molecule has 0 saturated heterocycles. The maximum atomic E-state index is 12.9. The van der Waals surface area contributed by atoms with Gasteiger partial charge in [0.1, 0.15) is 64.8 Å². The molecule has 0 aliphatic carbocycles. The highest BCUT2D eigenvalue weighted by Crippen LogP contribution is 2.37. The molecule has 52 heavy (non-hydrogen) atoms. The summed E-state index contributed by atoms with van der Waals surface area (Å²) < 4.78 is 11.3. The van der Waals surface area contributed by atoms with Gasteiger partial charge in [-0.2, -0.15) is 10.5 Å². The Hall–Kier alpha value is -4.25. The Morgan fingerprint density at radius 1 is 1.04 bits per heavy atom. The van der Waals surface area contributed by atoms with Crippen LogP contribution in [-0.2, 0) is 15.3 Å². The van der Waals surface area contributed by atoms with Crippen LogP contribution in [0.2, 0.25) is 5.02 Å². The van der Waals surface area contributed by atoms with Crippen LogP contribution < -0.4 is 27.3 Å². The van der Waals surface area contributed by atoms with Crippen molar-refractivity contribution in [2.45, 2.75) is 68.6 Å². The van der Waals surface area contributed by atoms with Crippen LogP contribution >= 0.6 is 34.7 Å². The molecule has 0 aliphatic rings. The molecule has 15 heteroatoms. The first-order chi connectivity index (χ1) is 25.0. The fraction of sp³-hybridized carbons (Fsp3) is 0.378. The van der Waals surface area contributed by atoms with Gasteiger partial charge < -0.3 is 31.8 Å². The number of thioether (sulfide) groups is 1. The Bertz CT molecular complexity index is 1860. The smallest absolute Gasteiger partial charge is 0.323 e. The zero-order chi connectivity index (χ0) is 37.6. The summed E-state index contributed by atoms with van der Waals surface area (Å²) in [5.41, 5.74) is 20.9. The average Bonchev–Trinajstić information content (AvgIpc) is 3.61. The summed E-state index contributed by atoms with van der Waals surface area (Å²) in [5, 5.41) is 37.5. The van der Waals surface area contributed by atoms with Gasteiger partial charge in [0.2, 0.25) is 0 Å². The van der Waals surface area contributed by atoms with E-state index in [1.165, 1.54) is 23.1 Å². The van der Waals surface area contributed by atoms with E-state index in [1.54, 1.807) is 24.3 Å². The first-order valence-electron chi connectivity index (χ1n) is 16.8. The number of carbonyl (C=O) groups excluding carboxylic acids is 1. The molecule has 8 N–H and O–H groups in total. The minimum Gasteiger partial charge on any atom is -0.490 e. The summed E-state index contributed by atoms with van der Waals surface area (Å²) in [5.74, 6) is 0.610. The van der Waals surface area contributed by atoms with E-state index in [4.69, 9.17) is 43.3 Å². The van der Waals surface area contributed by atoms with Gasteiger partial charge in [-0.15, -0.1) is 11.3 Å². The van der Waals surface area contributed by atoms with Gasteiger partial charge in [0.15, 0.2) is 0 Å². The van der Waals surface area contributed by atoms with E-state index in [0.29, 0.717) is 52.1 Å². The molecule has 0 amide bonds. The van der Waals surface area contributed by atoms with Crippen LogP contribution in [0.3, 0.4) is 0 Å². The van der Waals surface area contributed by atoms with E-state index in [9.17, 15) is 20.4 Å². The molecule has 4 rings (SSSR count). The van der Waals surface area contributed by atoms with Crippen molar-refractivity contribution in [3.05, 3.63) is 75.8 Å². The third-order valence-electron chi connectivity index (χ3n) is 7.92. The SMILES string of the molecule is CC(C)C[C@H](NC(O)[C@@H](N)CCCCN)C(=O)OCCOc1ccc(-c2c(C#N)c(N)nc(SCc3csc(-c4ccc(Cl)cc4)n3)c2C#N)cc1. The molecule has 2 aromatic carbocycles. The number of nitrogens with one attached hydrogen (secondary N) is 1. The molecule has 0 radical (unpaired) electrons. The lowest BCUT2D eigenvalue weighted by Gasteiger charge is -2.26. The zero-order valence-corrected chi connectivity index (χ0v) is 31.4. The Balaban J connectivity index is 1.38. The fourth-order valence-corrected chi connectivity index (χ4v) is 7.21. The molecule has 0 fully saturated rings. The lowest BCUT2D eigenvalue weighted by atomic mass is 9.97. The van der Waals surface area contributed by atoms with Crippen molar-refractivity contribution >= 4 is 46.5 Å². The Kier molecular flexibility index (Phi) is 15.7. The molecule has 0 bridgehead atoms. The van der Waals surface area contributed by atoms with Gasteiger partial charge in [-0.25, -0.2) is 9.97 Å². The standard InChI is InChI=1S/C37H43ClN8O4S2/c1-22(2)17-31(45-34(47)30(42)5-3-4-14-39)37(48)50-16-15-49-27-12-8-23(9-13-27)32-28(18-40)33(43)46-36(29(32)19-41)52-21-26-20-51-35(44-26)24-6-10-25(38)11-7-24/h6-13,20,22,30-31,34,45,47H,3-5,14-17,21,39,42H2,1-2H3,(H2,43,46)/t30-,31-,34?/m0/s1. The minimum absolute atomic E-state index is 0.0195. The Labute approximate surface area is 317 Å². The number of esters is 1. The first kappa shape index (κ1) is 40.5. The number of nitrogens with two attached hydrogens (primary N) is 3. The predicted octanol–water partition coefficient (Wildman–Crippen LogP) is 5.84. The lowest BCUT2D eigenvalue weighted by Crippen LogP contribution is -2.52. The third kappa shape index (κ3) is 11.4. The number of ether oxygens (including phenoxy) is 2. The van der Waals surface area contributed by atoms with Gasteiger partial charge in [0.25, 0.3) is 0 Å². The fourth-order valence-electron chi connectivity index (χ4n) is 5.27. The number of nitriles is 2. The molecule has 0 saturated carbocycles. The third-order valence-corrected chi connectivity index (χ3v) is 10.1. The van der Waals surface area contributed by atoms with E-state index >= 15 is 0 Å². The molecule has 12 nitrogen and oxygen atoms in total. The second-order valence-electron chi connectivity index (χ2n) is 12.4. The van der Waals surface area contributed by atoms with Crippen molar-refractivity contribution in [1.29, 1.82) is 10.5 Å². The number of nitrogens with zero attached hydrogens (tertiary/aromatic N) is 4. The number of nitrogen functional groups attached to an aromatic ring is 1. The molecule has 1 unspecified atom stereocenters. The predicted molar refractivity (Wildman–Crippen MR) is 205 cm³/mol. The van der Waals surface area contributed by atoms with Gasteiger partial charge in [-0.05, 0) is 61.6 Å². The van der Waals surface area contributed by atoms with Crippen LogP contribution in [0.1, 0.15) is 56.4 Å². The van der Waals surface area contributed by atoms with Crippen molar-refractivity contribution in [3.63, 3.8) is 0 Å². The number of halogens is 1. The molecule has 2 aromatic heterocycles. The van der Waals surface area contributed by atoms with Crippen molar-refractivity contribution in [1.82, 2.24) is 15.3 Å². The maximum Gasteiger partial charge on any atom is 0.323 e. The number of unbranched alkanes of at least 4 members (excludes halogenated alkanes) is 1. The molecule has 4 aromatic rings. The van der Waals surface area contributed by atoms with Crippen LogP contribution in [0.15, 0.2) is 58.9 Å². The first-order valence-corrected chi connectivity index (χ1v) is 19.0. The van der Waals surface area contributed by atoms with Gasteiger partial charge in [-0.1, -0.05) is 67.9 Å². The number of aromatic nitrogens is 2. The summed E-state index contributed by atoms with van der Waals surface area (Å²) in [6, 6.07) is 17.3. The monoisotopic (exact) mass is 762 g/mol. The van der Waals surface area contributed by atoms with Crippen LogP contribution in [-0.4, -0.2) is 59.1 Å². The number of hydrogen-bond donors (Lipinski definition) is 5. The molecule has 2 heterocycles. The van der Waals surface area contributed by atoms with Gasteiger partial charge in [0.05, 0.1) is 11.3 Å². The van der Waals surface area contributed by atoms with E-state index in [1.807, 2.05) is 43.5 Å². The lowest BCUT2D eigenvalue weighted by molar-refractivity contribution is -0.148. The molecule has 0 aliphatic heterocycles. The quantitative estimate of drug-likeness (QED) is 0.0328. The summed E-state index contributed by atoms with van der Waals surface area (Å²) >= 11 is 8.84. The number of rotatable bonds is 19. The number of thiazole rings is 1. The van der Waals surface area contributed by atoms with Crippen molar-refractivity contribution in [2.75, 3.05) is 25.5 Å². The molecular formula is C37H43ClN8O4S2. The highest BCUT2D eigenvalue weighted by Gasteiger charge is 2.26. The number of carbonyl (C=O) groups is 1.